The molecule has 0 spiro atoms. The summed E-state index contributed by atoms with van der Waals surface area (Å²) in [7, 11) is 2.21. The third-order valence-corrected chi connectivity index (χ3v) is 3.95. The van der Waals surface area contributed by atoms with Crippen molar-refractivity contribution in [3.63, 3.8) is 0 Å². The molecular weight excluding hydrogens is 240 g/mol. The molecule has 104 valence electrons. The van der Waals surface area contributed by atoms with Gasteiger partial charge in [-0.15, -0.1) is 0 Å². The van der Waals surface area contributed by atoms with Crippen LogP contribution in [0.5, 0.6) is 11.5 Å². The van der Waals surface area contributed by atoms with Gasteiger partial charge in [0.2, 0.25) is 6.79 Å². The highest BCUT2D eigenvalue weighted by molar-refractivity contribution is 5.48. The molecule has 2 aliphatic heterocycles. The van der Waals surface area contributed by atoms with Crippen LogP contribution in [-0.4, -0.2) is 38.4 Å². The van der Waals surface area contributed by atoms with Crippen LogP contribution in [0.25, 0.3) is 0 Å². The normalized spacial score (nSPS) is 22.7. The lowest BCUT2D eigenvalue weighted by Gasteiger charge is -2.29. The third-order valence-electron chi connectivity index (χ3n) is 3.95. The van der Waals surface area contributed by atoms with Crippen LogP contribution in [0, 0.1) is 5.92 Å². The fourth-order valence-electron chi connectivity index (χ4n) is 2.98. The Labute approximate surface area is 114 Å². The van der Waals surface area contributed by atoms with Gasteiger partial charge in [-0.05, 0) is 45.0 Å². The molecule has 0 bridgehead atoms. The first-order valence-electron chi connectivity index (χ1n) is 7.09. The van der Waals surface area contributed by atoms with Gasteiger partial charge in [-0.2, -0.15) is 0 Å². The summed E-state index contributed by atoms with van der Waals surface area (Å²) in [6, 6.07) is 6.09. The van der Waals surface area contributed by atoms with Gasteiger partial charge in [-0.25, -0.2) is 0 Å². The van der Waals surface area contributed by atoms with Crippen LogP contribution in [0.1, 0.15) is 18.4 Å². The number of piperidine rings is 1. The minimum Gasteiger partial charge on any atom is -0.454 e. The smallest absolute Gasteiger partial charge is 0.231 e. The lowest BCUT2D eigenvalue weighted by Crippen LogP contribution is -2.37. The Kier molecular flexibility index (Phi) is 3.89. The molecule has 4 nitrogen and oxygen atoms in total. The van der Waals surface area contributed by atoms with E-state index in [9.17, 15) is 0 Å². The van der Waals surface area contributed by atoms with Crippen molar-refractivity contribution in [2.45, 2.75) is 19.4 Å². The summed E-state index contributed by atoms with van der Waals surface area (Å²) in [6.45, 7) is 4.73. The Bertz CT molecular complexity index is 436. The standard InChI is InChI=1S/C15H22N2O2/c1-17-7-3-4-12(10-17)8-16-9-13-5-2-6-14-15(13)19-11-18-14/h2,5-6,12,16H,3-4,7-11H2,1H3/t12-/m0/s1. The van der Waals surface area contributed by atoms with Gasteiger partial charge in [0.15, 0.2) is 11.5 Å². The van der Waals surface area contributed by atoms with Gasteiger partial charge in [-0.1, -0.05) is 12.1 Å². The second-order valence-corrected chi connectivity index (χ2v) is 5.55. The number of nitrogens with one attached hydrogen (secondary N) is 1. The Morgan fingerprint density at radius 2 is 2.32 bits per heavy atom. The minimum absolute atomic E-state index is 0.347. The van der Waals surface area contributed by atoms with E-state index in [1.165, 1.54) is 31.5 Å². The number of benzene rings is 1. The number of para-hydroxylation sites is 1. The first kappa shape index (κ1) is 12.8. The molecule has 3 rings (SSSR count). The number of nitrogens with zero attached hydrogens (tertiary/aromatic N) is 1. The van der Waals surface area contributed by atoms with Crippen molar-refractivity contribution in [3.05, 3.63) is 23.8 Å². The maximum Gasteiger partial charge on any atom is 0.231 e. The van der Waals surface area contributed by atoms with Gasteiger partial charge >= 0.3 is 0 Å². The summed E-state index contributed by atoms with van der Waals surface area (Å²) in [5.41, 5.74) is 1.19. The third kappa shape index (κ3) is 3.01. The van der Waals surface area contributed by atoms with E-state index in [0.29, 0.717) is 6.79 Å². The van der Waals surface area contributed by atoms with Crippen LogP contribution in [0.15, 0.2) is 18.2 Å². The molecule has 1 atom stereocenters. The topological polar surface area (TPSA) is 33.7 Å². The number of likely N-dealkylation sites (tertiary alicyclic amines) is 1. The molecule has 0 saturated carbocycles. The van der Waals surface area contributed by atoms with Crippen LogP contribution < -0.4 is 14.8 Å². The van der Waals surface area contributed by atoms with Gasteiger partial charge in [0.1, 0.15) is 0 Å². The van der Waals surface area contributed by atoms with Crippen molar-refractivity contribution >= 4 is 0 Å². The Balaban J connectivity index is 1.51. The Morgan fingerprint density at radius 1 is 1.37 bits per heavy atom. The number of fused-ring (bicyclic) bond motifs is 1. The van der Waals surface area contributed by atoms with Crippen molar-refractivity contribution in [2.75, 3.05) is 33.5 Å². The van der Waals surface area contributed by atoms with Crippen LogP contribution >= 0.6 is 0 Å². The summed E-state index contributed by atoms with van der Waals surface area (Å²) < 4.78 is 10.9. The monoisotopic (exact) mass is 262 g/mol. The molecule has 0 amide bonds. The summed E-state index contributed by atoms with van der Waals surface area (Å²) in [5.74, 6) is 2.56. The number of ether oxygens (including phenoxy) is 2. The van der Waals surface area contributed by atoms with Crippen molar-refractivity contribution in [2.24, 2.45) is 5.92 Å². The highest BCUT2D eigenvalue weighted by atomic mass is 16.7. The lowest BCUT2D eigenvalue weighted by atomic mass is 9.98. The zero-order valence-corrected chi connectivity index (χ0v) is 11.5. The first-order valence-corrected chi connectivity index (χ1v) is 7.09. The Hall–Kier alpha value is -1.26. The maximum absolute atomic E-state index is 5.52. The van der Waals surface area contributed by atoms with Crippen molar-refractivity contribution in [1.29, 1.82) is 0 Å². The van der Waals surface area contributed by atoms with E-state index in [0.717, 1.165) is 30.5 Å². The first-order chi connectivity index (χ1) is 9.33. The van der Waals surface area contributed by atoms with E-state index >= 15 is 0 Å². The summed E-state index contributed by atoms with van der Waals surface area (Å²) in [5, 5.41) is 3.56. The minimum atomic E-state index is 0.347. The van der Waals surface area contributed by atoms with Crippen LogP contribution in [0.2, 0.25) is 0 Å². The van der Waals surface area contributed by atoms with E-state index in [-0.39, 0.29) is 0 Å². The predicted molar refractivity (Wildman–Crippen MR) is 74.5 cm³/mol. The zero-order valence-electron chi connectivity index (χ0n) is 11.5. The van der Waals surface area contributed by atoms with Gasteiger partial charge in [0, 0.05) is 18.7 Å². The van der Waals surface area contributed by atoms with Gasteiger partial charge < -0.3 is 19.7 Å². The average molecular weight is 262 g/mol. The molecule has 4 heteroatoms. The fraction of sp³-hybridized carbons (Fsp3) is 0.600. The largest absolute Gasteiger partial charge is 0.454 e. The van der Waals surface area contributed by atoms with Crippen molar-refractivity contribution < 1.29 is 9.47 Å². The SMILES string of the molecule is CN1CCC[C@@H](CNCc2cccc3c2OCO3)C1. The number of hydrogen-bond donors (Lipinski definition) is 1. The zero-order chi connectivity index (χ0) is 13.1. The second-order valence-electron chi connectivity index (χ2n) is 5.55. The summed E-state index contributed by atoms with van der Waals surface area (Å²) in [4.78, 5) is 2.42. The molecule has 2 aliphatic rings. The molecule has 2 heterocycles. The molecule has 19 heavy (non-hydrogen) atoms. The second kappa shape index (κ2) is 5.80. The van der Waals surface area contributed by atoms with E-state index in [2.05, 4.69) is 23.3 Å². The molecule has 0 unspecified atom stereocenters. The average Bonchev–Trinajstić information content (AvgIpc) is 2.88. The molecule has 0 radical (unpaired) electrons. The summed E-state index contributed by atoms with van der Waals surface area (Å²) in [6.07, 6.45) is 2.66. The summed E-state index contributed by atoms with van der Waals surface area (Å²) >= 11 is 0. The molecular formula is C15H22N2O2. The van der Waals surface area contributed by atoms with E-state index in [1.807, 2.05) is 12.1 Å². The van der Waals surface area contributed by atoms with Crippen LogP contribution in [-0.2, 0) is 6.54 Å². The predicted octanol–water partition coefficient (Wildman–Crippen LogP) is 1.85. The molecule has 0 aromatic heterocycles. The maximum atomic E-state index is 5.52. The van der Waals surface area contributed by atoms with E-state index in [4.69, 9.17) is 9.47 Å². The molecule has 1 fully saturated rings. The van der Waals surface area contributed by atoms with E-state index < -0.39 is 0 Å². The number of rotatable bonds is 4. The van der Waals surface area contributed by atoms with Crippen LogP contribution in [0.4, 0.5) is 0 Å². The quantitative estimate of drug-likeness (QED) is 0.898. The van der Waals surface area contributed by atoms with E-state index in [1.54, 1.807) is 0 Å². The van der Waals surface area contributed by atoms with Crippen molar-refractivity contribution in [3.8, 4) is 11.5 Å². The van der Waals surface area contributed by atoms with Gasteiger partial charge in [0.05, 0.1) is 0 Å². The molecule has 0 aliphatic carbocycles. The van der Waals surface area contributed by atoms with Gasteiger partial charge in [-0.3, -0.25) is 0 Å². The van der Waals surface area contributed by atoms with Gasteiger partial charge in [0.25, 0.3) is 0 Å². The molecule has 1 aromatic rings. The lowest BCUT2D eigenvalue weighted by molar-refractivity contribution is 0.173. The Morgan fingerprint density at radius 3 is 3.21 bits per heavy atom. The highest BCUT2D eigenvalue weighted by Crippen LogP contribution is 2.35. The number of hydrogen-bond acceptors (Lipinski definition) is 4. The highest BCUT2D eigenvalue weighted by Gasteiger charge is 2.19. The van der Waals surface area contributed by atoms with Crippen LogP contribution in [0.3, 0.4) is 0 Å². The fourth-order valence-corrected chi connectivity index (χ4v) is 2.98. The molecule has 1 N–H and O–H groups in total. The molecule has 1 saturated heterocycles. The van der Waals surface area contributed by atoms with Crippen molar-refractivity contribution in [1.82, 2.24) is 10.2 Å². The molecule has 1 aromatic carbocycles.